The van der Waals surface area contributed by atoms with E-state index in [9.17, 15) is 0 Å². The monoisotopic (exact) mass is 313 g/mol. The van der Waals surface area contributed by atoms with Crippen LogP contribution in [0, 0.1) is 0 Å². The molecule has 2 aromatic rings. The van der Waals surface area contributed by atoms with Crippen LogP contribution in [0.2, 0.25) is 5.02 Å². The molecule has 2 N–H and O–H groups in total. The van der Waals surface area contributed by atoms with Gasteiger partial charge in [0.05, 0.1) is 12.0 Å². The van der Waals surface area contributed by atoms with Crippen LogP contribution < -0.4 is 5.73 Å². The second kappa shape index (κ2) is 6.12. The fourth-order valence-corrected chi connectivity index (χ4v) is 2.77. The summed E-state index contributed by atoms with van der Waals surface area (Å²) in [5.41, 5.74) is 6.89. The zero-order valence-corrected chi connectivity index (χ0v) is 12.6. The summed E-state index contributed by atoms with van der Waals surface area (Å²) in [6.07, 6.45) is 4.66. The van der Waals surface area contributed by atoms with Gasteiger partial charge in [0.1, 0.15) is 0 Å². The summed E-state index contributed by atoms with van der Waals surface area (Å²) in [5, 5.41) is 4.76. The Hall–Kier alpha value is -1.10. The molecular formula is C14H17Cl2N3O. The maximum absolute atomic E-state index is 6.31. The second-order valence-electron chi connectivity index (χ2n) is 5.14. The average Bonchev–Trinajstić information content (AvgIpc) is 3.02. The Labute approximate surface area is 129 Å². The molecule has 1 aliphatic rings. The SMILES string of the molecule is Cl.NC1(c2noc(Cc3ccccc3Cl)n2)CCCC1. The number of hydrogen-bond acceptors (Lipinski definition) is 4. The topological polar surface area (TPSA) is 64.9 Å². The van der Waals surface area contributed by atoms with Crippen LogP contribution in [0.15, 0.2) is 28.8 Å². The van der Waals surface area contributed by atoms with Crippen LogP contribution in [0.3, 0.4) is 0 Å². The van der Waals surface area contributed by atoms with Crippen LogP contribution in [0.4, 0.5) is 0 Å². The van der Waals surface area contributed by atoms with Gasteiger partial charge >= 0.3 is 0 Å². The number of nitrogens with two attached hydrogens (primary N) is 1. The Kier molecular flexibility index (Phi) is 4.68. The standard InChI is InChI=1S/C14H16ClN3O.ClH/c15-11-6-2-1-5-10(11)9-12-17-13(18-19-12)14(16)7-3-4-8-14;/h1-2,5-6H,3-4,7-9,16H2;1H. The summed E-state index contributed by atoms with van der Waals surface area (Å²) < 4.78 is 5.30. The van der Waals surface area contributed by atoms with Crippen molar-refractivity contribution in [1.29, 1.82) is 0 Å². The highest BCUT2D eigenvalue weighted by atomic mass is 35.5. The molecule has 4 nitrogen and oxygen atoms in total. The molecule has 0 radical (unpaired) electrons. The molecule has 20 heavy (non-hydrogen) atoms. The minimum atomic E-state index is -0.401. The molecule has 0 saturated heterocycles. The first-order valence-electron chi connectivity index (χ1n) is 6.53. The van der Waals surface area contributed by atoms with Crippen molar-refractivity contribution in [3.8, 4) is 0 Å². The van der Waals surface area contributed by atoms with Crippen molar-refractivity contribution in [2.75, 3.05) is 0 Å². The van der Waals surface area contributed by atoms with E-state index in [0.717, 1.165) is 31.2 Å². The first-order valence-corrected chi connectivity index (χ1v) is 6.90. The van der Waals surface area contributed by atoms with Crippen LogP contribution in [-0.4, -0.2) is 10.1 Å². The Morgan fingerprint density at radius 2 is 1.95 bits per heavy atom. The Morgan fingerprint density at radius 1 is 1.25 bits per heavy atom. The number of benzene rings is 1. The quantitative estimate of drug-likeness (QED) is 0.942. The van der Waals surface area contributed by atoms with Gasteiger partial charge < -0.3 is 10.3 Å². The van der Waals surface area contributed by atoms with Gasteiger partial charge in [-0.05, 0) is 24.5 Å². The highest BCUT2D eigenvalue weighted by Crippen LogP contribution is 2.34. The Bertz CT molecular complexity index is 579. The van der Waals surface area contributed by atoms with E-state index in [2.05, 4.69) is 10.1 Å². The largest absolute Gasteiger partial charge is 0.339 e. The van der Waals surface area contributed by atoms with Gasteiger partial charge in [-0.15, -0.1) is 12.4 Å². The third-order valence-corrected chi connectivity index (χ3v) is 4.08. The predicted octanol–water partition coefficient (Wildman–Crippen LogP) is 3.46. The maximum atomic E-state index is 6.31. The molecule has 1 aromatic carbocycles. The molecule has 108 valence electrons. The average molecular weight is 314 g/mol. The summed E-state index contributed by atoms with van der Waals surface area (Å²) in [7, 11) is 0. The van der Waals surface area contributed by atoms with E-state index in [1.54, 1.807) is 0 Å². The van der Waals surface area contributed by atoms with Crippen molar-refractivity contribution in [1.82, 2.24) is 10.1 Å². The minimum Gasteiger partial charge on any atom is -0.339 e. The van der Waals surface area contributed by atoms with E-state index < -0.39 is 5.54 Å². The number of aromatic nitrogens is 2. The maximum Gasteiger partial charge on any atom is 0.231 e. The molecule has 6 heteroatoms. The van der Waals surface area contributed by atoms with Gasteiger partial charge in [-0.25, -0.2) is 0 Å². The molecule has 0 aliphatic heterocycles. The molecule has 1 saturated carbocycles. The summed E-state index contributed by atoms with van der Waals surface area (Å²) in [6, 6.07) is 7.66. The molecule has 1 aromatic heterocycles. The molecule has 1 heterocycles. The lowest BCUT2D eigenvalue weighted by atomic mass is 9.99. The zero-order chi connectivity index (χ0) is 13.3. The summed E-state index contributed by atoms with van der Waals surface area (Å²) >= 11 is 6.12. The lowest BCUT2D eigenvalue weighted by Crippen LogP contribution is -2.34. The third-order valence-electron chi connectivity index (χ3n) is 3.71. The van der Waals surface area contributed by atoms with E-state index in [-0.39, 0.29) is 12.4 Å². The molecule has 3 rings (SSSR count). The lowest BCUT2D eigenvalue weighted by molar-refractivity contribution is 0.352. The summed E-state index contributed by atoms with van der Waals surface area (Å²) in [5.74, 6) is 1.20. The molecule has 0 unspecified atom stereocenters. The second-order valence-corrected chi connectivity index (χ2v) is 5.55. The minimum absolute atomic E-state index is 0. The zero-order valence-electron chi connectivity index (χ0n) is 11.0. The first-order chi connectivity index (χ1) is 9.17. The van der Waals surface area contributed by atoms with Crippen molar-refractivity contribution in [3.05, 3.63) is 46.6 Å². The van der Waals surface area contributed by atoms with E-state index in [1.165, 1.54) is 0 Å². The summed E-state index contributed by atoms with van der Waals surface area (Å²) in [6.45, 7) is 0. The van der Waals surface area contributed by atoms with E-state index in [1.807, 2.05) is 24.3 Å². The van der Waals surface area contributed by atoms with Crippen molar-refractivity contribution < 1.29 is 4.52 Å². The molecule has 1 fully saturated rings. The number of halogens is 2. The molecule has 0 atom stereocenters. The van der Waals surface area contributed by atoms with Crippen LogP contribution in [-0.2, 0) is 12.0 Å². The van der Waals surface area contributed by atoms with Crippen molar-refractivity contribution in [3.63, 3.8) is 0 Å². The number of nitrogens with zero attached hydrogens (tertiary/aromatic N) is 2. The van der Waals surface area contributed by atoms with E-state index >= 15 is 0 Å². The van der Waals surface area contributed by atoms with Crippen LogP contribution in [0.25, 0.3) is 0 Å². The smallest absolute Gasteiger partial charge is 0.231 e. The molecule has 0 spiro atoms. The predicted molar refractivity (Wildman–Crippen MR) is 80.1 cm³/mol. The molecule has 0 bridgehead atoms. The van der Waals surface area contributed by atoms with Crippen LogP contribution >= 0.6 is 24.0 Å². The Morgan fingerprint density at radius 3 is 2.65 bits per heavy atom. The molecule has 1 aliphatic carbocycles. The first kappa shape index (κ1) is 15.3. The summed E-state index contributed by atoms with van der Waals surface area (Å²) in [4.78, 5) is 4.44. The van der Waals surface area contributed by atoms with Crippen molar-refractivity contribution in [2.24, 2.45) is 5.73 Å². The van der Waals surface area contributed by atoms with Gasteiger partial charge in [0.15, 0.2) is 5.82 Å². The highest BCUT2D eigenvalue weighted by molar-refractivity contribution is 6.31. The van der Waals surface area contributed by atoms with Gasteiger partial charge in [-0.1, -0.05) is 47.8 Å². The number of rotatable bonds is 3. The number of hydrogen-bond donors (Lipinski definition) is 1. The lowest BCUT2D eigenvalue weighted by Gasteiger charge is -2.17. The molecule has 0 amide bonds. The third kappa shape index (κ3) is 2.97. The normalized spacial score (nSPS) is 16.9. The molecular weight excluding hydrogens is 297 g/mol. The van der Waals surface area contributed by atoms with Gasteiger partial charge in [-0.2, -0.15) is 4.98 Å². The van der Waals surface area contributed by atoms with Gasteiger partial charge in [-0.3, -0.25) is 0 Å². The van der Waals surface area contributed by atoms with Crippen LogP contribution in [0.1, 0.15) is 43.0 Å². The van der Waals surface area contributed by atoms with Gasteiger partial charge in [0, 0.05) is 5.02 Å². The fourth-order valence-electron chi connectivity index (χ4n) is 2.56. The highest BCUT2D eigenvalue weighted by Gasteiger charge is 2.35. The van der Waals surface area contributed by atoms with E-state index in [4.69, 9.17) is 21.9 Å². The van der Waals surface area contributed by atoms with E-state index in [0.29, 0.717) is 23.2 Å². The fraction of sp³-hybridized carbons (Fsp3) is 0.429. The van der Waals surface area contributed by atoms with Gasteiger partial charge in [0.25, 0.3) is 0 Å². The van der Waals surface area contributed by atoms with Crippen molar-refractivity contribution >= 4 is 24.0 Å². The van der Waals surface area contributed by atoms with Crippen LogP contribution in [0.5, 0.6) is 0 Å². The van der Waals surface area contributed by atoms with Crippen molar-refractivity contribution in [2.45, 2.75) is 37.6 Å². The Balaban J connectivity index is 0.00000147. The van der Waals surface area contributed by atoms with Gasteiger partial charge in [0.2, 0.25) is 5.89 Å².